The summed E-state index contributed by atoms with van der Waals surface area (Å²) in [4.78, 5) is 10.8. The van der Waals surface area contributed by atoms with Crippen LogP contribution in [-0.4, -0.2) is 62.2 Å². The van der Waals surface area contributed by atoms with E-state index in [9.17, 15) is 5.11 Å². The second kappa shape index (κ2) is 6.74. The molecule has 6 nitrogen and oxygen atoms in total. The second-order valence-electron chi connectivity index (χ2n) is 6.53. The van der Waals surface area contributed by atoms with E-state index in [2.05, 4.69) is 58.0 Å². The van der Waals surface area contributed by atoms with E-state index in [0.717, 1.165) is 42.6 Å². The summed E-state index contributed by atoms with van der Waals surface area (Å²) < 4.78 is 1.53. The van der Waals surface area contributed by atoms with Crippen molar-refractivity contribution < 1.29 is 5.11 Å². The van der Waals surface area contributed by atoms with E-state index in [1.54, 1.807) is 0 Å². The minimum absolute atomic E-state index is 0.0353. The van der Waals surface area contributed by atoms with Crippen LogP contribution in [0.25, 0.3) is 4.96 Å². The summed E-state index contributed by atoms with van der Waals surface area (Å²) in [7, 11) is 0. The first-order valence-electron chi connectivity index (χ1n) is 8.71. The summed E-state index contributed by atoms with van der Waals surface area (Å²) in [5.41, 5.74) is 2.44. The summed E-state index contributed by atoms with van der Waals surface area (Å²) in [6, 6.07) is 8.65. The lowest BCUT2D eigenvalue weighted by Gasteiger charge is -2.38. The molecule has 1 atom stereocenters. The van der Waals surface area contributed by atoms with E-state index in [1.165, 1.54) is 33.3 Å². The van der Waals surface area contributed by atoms with Gasteiger partial charge in [0.15, 0.2) is 0 Å². The number of hydrogen-bond acceptors (Lipinski definition) is 6. The molecular formula is C18H23N5OS. The number of likely N-dealkylation sites (N-methyl/N-ethyl adjacent to an activating group) is 1. The number of rotatable bonds is 4. The Morgan fingerprint density at radius 1 is 1.16 bits per heavy atom. The lowest BCUT2D eigenvalue weighted by molar-refractivity contribution is 0.113. The average molecular weight is 357 g/mol. The topological polar surface area (TPSA) is 56.9 Å². The van der Waals surface area contributed by atoms with Crippen molar-refractivity contribution in [1.29, 1.82) is 0 Å². The van der Waals surface area contributed by atoms with Gasteiger partial charge in [-0.05, 0) is 19.0 Å². The molecule has 1 aliphatic rings. The number of aromatic nitrogens is 3. The van der Waals surface area contributed by atoms with Crippen LogP contribution in [0.1, 0.15) is 29.0 Å². The van der Waals surface area contributed by atoms with Crippen LogP contribution < -0.4 is 0 Å². The number of hydrogen-bond donors (Lipinski definition) is 1. The zero-order chi connectivity index (χ0) is 17.4. The number of aromatic hydroxyl groups is 1. The van der Waals surface area contributed by atoms with Crippen molar-refractivity contribution in [2.75, 3.05) is 32.7 Å². The Hall–Kier alpha value is -1.96. The van der Waals surface area contributed by atoms with E-state index in [4.69, 9.17) is 0 Å². The third kappa shape index (κ3) is 3.03. The average Bonchev–Trinajstić information content (AvgIpc) is 3.21. The number of thiazole rings is 1. The SMILES string of the molecule is CCN1CCN([C@@H](c2ccc(C)cc2)c2sc3ncnn3c2O)CC1. The van der Waals surface area contributed by atoms with E-state index in [-0.39, 0.29) is 11.9 Å². The summed E-state index contributed by atoms with van der Waals surface area (Å²) in [5.74, 6) is 0.209. The number of piperazine rings is 1. The molecule has 0 spiro atoms. The lowest BCUT2D eigenvalue weighted by atomic mass is 10.0. The van der Waals surface area contributed by atoms with Crippen LogP contribution >= 0.6 is 11.3 Å². The first-order chi connectivity index (χ1) is 12.2. The van der Waals surface area contributed by atoms with Crippen molar-refractivity contribution in [3.05, 3.63) is 46.6 Å². The Kier molecular flexibility index (Phi) is 4.45. The Morgan fingerprint density at radius 3 is 2.52 bits per heavy atom. The minimum Gasteiger partial charge on any atom is -0.492 e. The Bertz CT molecular complexity index is 848. The highest BCUT2D eigenvalue weighted by Gasteiger charge is 2.31. The Balaban J connectivity index is 1.74. The van der Waals surface area contributed by atoms with Gasteiger partial charge in [-0.1, -0.05) is 48.1 Å². The van der Waals surface area contributed by atoms with Crippen molar-refractivity contribution in [3.8, 4) is 5.88 Å². The van der Waals surface area contributed by atoms with Crippen LogP contribution in [0.5, 0.6) is 5.88 Å². The van der Waals surface area contributed by atoms with Gasteiger partial charge in [0.1, 0.15) is 6.33 Å². The molecule has 1 saturated heterocycles. The Labute approximate surface area is 151 Å². The van der Waals surface area contributed by atoms with Crippen LogP contribution in [0.15, 0.2) is 30.6 Å². The molecular weight excluding hydrogens is 334 g/mol. The highest BCUT2D eigenvalue weighted by Crippen LogP contribution is 2.39. The van der Waals surface area contributed by atoms with Crippen LogP contribution in [0, 0.1) is 6.92 Å². The molecule has 2 aromatic heterocycles. The fraction of sp³-hybridized carbons (Fsp3) is 0.444. The van der Waals surface area contributed by atoms with Crippen molar-refractivity contribution in [1.82, 2.24) is 24.4 Å². The molecule has 25 heavy (non-hydrogen) atoms. The maximum absolute atomic E-state index is 10.7. The van der Waals surface area contributed by atoms with E-state index >= 15 is 0 Å². The minimum atomic E-state index is 0.0353. The summed E-state index contributed by atoms with van der Waals surface area (Å²) >= 11 is 1.52. The van der Waals surface area contributed by atoms with Gasteiger partial charge in [-0.25, -0.2) is 4.98 Å². The molecule has 3 heterocycles. The molecule has 0 radical (unpaired) electrons. The third-order valence-electron chi connectivity index (χ3n) is 5.00. The van der Waals surface area contributed by atoms with E-state index in [0.29, 0.717) is 0 Å². The highest BCUT2D eigenvalue weighted by molar-refractivity contribution is 7.17. The molecule has 1 fully saturated rings. The smallest absolute Gasteiger partial charge is 0.230 e. The van der Waals surface area contributed by atoms with Gasteiger partial charge in [-0.3, -0.25) is 4.90 Å². The first-order valence-corrected chi connectivity index (χ1v) is 9.53. The monoisotopic (exact) mass is 357 g/mol. The quantitative estimate of drug-likeness (QED) is 0.778. The van der Waals surface area contributed by atoms with Crippen molar-refractivity contribution in [3.63, 3.8) is 0 Å². The zero-order valence-corrected chi connectivity index (χ0v) is 15.4. The zero-order valence-electron chi connectivity index (χ0n) is 14.6. The predicted octanol–water partition coefficient (Wildman–Crippen LogP) is 2.53. The third-order valence-corrected chi connectivity index (χ3v) is 6.09. The molecule has 1 aliphatic heterocycles. The Morgan fingerprint density at radius 2 is 1.88 bits per heavy atom. The molecule has 0 amide bonds. The van der Waals surface area contributed by atoms with Crippen LogP contribution in [0.4, 0.5) is 0 Å². The molecule has 7 heteroatoms. The number of nitrogens with zero attached hydrogens (tertiary/aromatic N) is 5. The van der Waals surface area contributed by atoms with Crippen molar-refractivity contribution >= 4 is 16.3 Å². The van der Waals surface area contributed by atoms with Crippen molar-refractivity contribution in [2.45, 2.75) is 19.9 Å². The first kappa shape index (κ1) is 16.5. The molecule has 0 unspecified atom stereocenters. The fourth-order valence-electron chi connectivity index (χ4n) is 3.49. The maximum Gasteiger partial charge on any atom is 0.230 e. The van der Waals surface area contributed by atoms with Crippen molar-refractivity contribution in [2.24, 2.45) is 0 Å². The summed E-state index contributed by atoms with van der Waals surface area (Å²) in [6.45, 7) is 9.48. The molecule has 132 valence electrons. The van der Waals surface area contributed by atoms with Gasteiger partial charge in [-0.2, -0.15) is 9.61 Å². The van der Waals surface area contributed by atoms with Crippen LogP contribution in [-0.2, 0) is 0 Å². The molecule has 3 aromatic rings. The molecule has 0 bridgehead atoms. The summed E-state index contributed by atoms with van der Waals surface area (Å²) in [6.07, 6.45) is 1.48. The lowest BCUT2D eigenvalue weighted by Crippen LogP contribution is -2.47. The van der Waals surface area contributed by atoms with Crippen LogP contribution in [0.2, 0.25) is 0 Å². The molecule has 1 N–H and O–H groups in total. The van der Waals surface area contributed by atoms with E-state index < -0.39 is 0 Å². The van der Waals surface area contributed by atoms with Gasteiger partial charge < -0.3 is 10.0 Å². The van der Waals surface area contributed by atoms with Crippen LogP contribution in [0.3, 0.4) is 0 Å². The summed E-state index contributed by atoms with van der Waals surface area (Å²) in [5, 5.41) is 14.9. The predicted molar refractivity (Wildman–Crippen MR) is 99.2 cm³/mol. The van der Waals surface area contributed by atoms with Gasteiger partial charge in [-0.15, -0.1) is 0 Å². The maximum atomic E-state index is 10.7. The van der Waals surface area contributed by atoms with Gasteiger partial charge in [0, 0.05) is 26.2 Å². The largest absolute Gasteiger partial charge is 0.492 e. The van der Waals surface area contributed by atoms with Gasteiger partial charge in [0.05, 0.1) is 10.9 Å². The second-order valence-corrected chi connectivity index (χ2v) is 7.54. The molecule has 4 rings (SSSR count). The number of aryl methyl sites for hydroxylation is 1. The van der Waals surface area contributed by atoms with Gasteiger partial charge in [0.25, 0.3) is 0 Å². The molecule has 1 aromatic carbocycles. The normalized spacial score (nSPS) is 18.0. The van der Waals surface area contributed by atoms with E-state index in [1.807, 2.05) is 0 Å². The highest BCUT2D eigenvalue weighted by atomic mass is 32.1. The number of benzene rings is 1. The molecule has 0 aliphatic carbocycles. The van der Waals surface area contributed by atoms with Gasteiger partial charge in [0.2, 0.25) is 10.8 Å². The standard InChI is InChI=1S/C18H23N5OS/c1-3-21-8-10-22(11-9-21)15(14-6-4-13(2)5-7-14)16-17(24)23-18(25-16)19-12-20-23/h4-7,12,15,24H,3,8-11H2,1-2H3/t15-/m0/s1. The van der Waals surface area contributed by atoms with Gasteiger partial charge >= 0.3 is 0 Å². The fourth-order valence-corrected chi connectivity index (χ4v) is 4.58. The molecule has 0 saturated carbocycles. The number of fused-ring (bicyclic) bond motifs is 1.